The number of rotatable bonds is 5. The maximum Gasteiger partial charge on any atom is 0.279 e. The van der Waals surface area contributed by atoms with E-state index >= 15 is 0 Å². The molecular weight excluding hydrogens is 336 g/mol. The molecule has 1 aliphatic heterocycles. The van der Waals surface area contributed by atoms with E-state index in [0.717, 1.165) is 24.2 Å². The predicted molar refractivity (Wildman–Crippen MR) is 98.3 cm³/mol. The van der Waals surface area contributed by atoms with Crippen molar-refractivity contribution in [3.8, 4) is 0 Å². The van der Waals surface area contributed by atoms with Gasteiger partial charge in [-0.25, -0.2) is 0 Å². The zero-order valence-corrected chi connectivity index (χ0v) is 16.7. The maximum absolute atomic E-state index is 13.1. The second-order valence-corrected chi connectivity index (χ2v) is 11.1. The van der Waals surface area contributed by atoms with Crippen LogP contribution in [0.25, 0.3) is 0 Å². The summed E-state index contributed by atoms with van der Waals surface area (Å²) in [5.74, 6) is 2.52. The van der Waals surface area contributed by atoms with Gasteiger partial charge in [-0.3, -0.25) is 0 Å². The fourth-order valence-electron chi connectivity index (χ4n) is 6.83. The maximum atomic E-state index is 13.1. The zero-order valence-electron chi connectivity index (χ0n) is 15.9. The van der Waals surface area contributed by atoms with Crippen LogP contribution in [0.1, 0.15) is 65.7 Å². The van der Waals surface area contributed by atoms with Gasteiger partial charge in [0.2, 0.25) is 0 Å². The van der Waals surface area contributed by atoms with Gasteiger partial charge >= 0.3 is 0 Å². The molecule has 0 amide bonds. The van der Waals surface area contributed by atoms with Crippen LogP contribution in [0.3, 0.4) is 0 Å². The SMILES string of the molecule is CC[C@@H](NS(=O)(=O)N1C[C@@H](C)O[C@@H](C)C1)C12CC3CC(CC(C3)C1)C2. The van der Waals surface area contributed by atoms with Gasteiger partial charge < -0.3 is 4.74 Å². The lowest BCUT2D eigenvalue weighted by atomic mass is 9.47. The fourth-order valence-corrected chi connectivity index (χ4v) is 8.56. The van der Waals surface area contributed by atoms with Crippen molar-refractivity contribution in [1.82, 2.24) is 9.03 Å². The molecule has 6 heteroatoms. The molecule has 144 valence electrons. The molecule has 4 saturated carbocycles. The van der Waals surface area contributed by atoms with Crippen LogP contribution in [0.15, 0.2) is 0 Å². The highest BCUT2D eigenvalue weighted by molar-refractivity contribution is 7.87. The van der Waals surface area contributed by atoms with Crippen LogP contribution >= 0.6 is 0 Å². The van der Waals surface area contributed by atoms with E-state index in [1.807, 2.05) is 13.8 Å². The molecule has 1 heterocycles. The lowest BCUT2D eigenvalue weighted by Crippen LogP contribution is -2.60. The Morgan fingerprint density at radius 2 is 1.52 bits per heavy atom. The summed E-state index contributed by atoms with van der Waals surface area (Å²) >= 11 is 0. The van der Waals surface area contributed by atoms with Crippen molar-refractivity contribution in [2.45, 2.75) is 84.0 Å². The molecule has 0 aromatic rings. The minimum absolute atomic E-state index is 0.0417. The Morgan fingerprint density at radius 3 is 1.96 bits per heavy atom. The monoisotopic (exact) mass is 370 g/mol. The first-order valence-electron chi connectivity index (χ1n) is 10.2. The predicted octanol–water partition coefficient (Wildman–Crippen LogP) is 2.93. The highest BCUT2D eigenvalue weighted by atomic mass is 32.2. The average molecular weight is 371 g/mol. The third kappa shape index (κ3) is 3.40. The Bertz CT molecular complexity index is 561. The van der Waals surface area contributed by atoms with E-state index in [9.17, 15) is 8.42 Å². The first-order chi connectivity index (χ1) is 11.8. The van der Waals surface area contributed by atoms with Gasteiger partial charge in [0.15, 0.2) is 0 Å². The molecule has 5 aliphatic rings. The van der Waals surface area contributed by atoms with Gasteiger partial charge in [-0.05, 0) is 82.0 Å². The van der Waals surface area contributed by atoms with E-state index in [-0.39, 0.29) is 23.7 Å². The first kappa shape index (κ1) is 18.2. The number of hydrogen-bond donors (Lipinski definition) is 1. The molecule has 4 bridgehead atoms. The molecule has 4 aliphatic carbocycles. The molecule has 25 heavy (non-hydrogen) atoms. The number of ether oxygens (including phenoxy) is 1. The van der Waals surface area contributed by atoms with Crippen molar-refractivity contribution in [1.29, 1.82) is 0 Å². The van der Waals surface area contributed by atoms with Crippen molar-refractivity contribution >= 4 is 10.2 Å². The summed E-state index contributed by atoms with van der Waals surface area (Å²) < 4.78 is 36.7. The Labute approximate surface area is 153 Å². The minimum atomic E-state index is -3.45. The number of hydrogen-bond acceptors (Lipinski definition) is 3. The summed E-state index contributed by atoms with van der Waals surface area (Å²) in [5.41, 5.74) is 0.208. The van der Waals surface area contributed by atoms with Crippen LogP contribution in [-0.4, -0.2) is 44.1 Å². The average Bonchev–Trinajstić information content (AvgIpc) is 2.50. The molecule has 5 nitrogen and oxygen atoms in total. The summed E-state index contributed by atoms with van der Waals surface area (Å²) in [4.78, 5) is 0. The number of nitrogens with zero attached hydrogens (tertiary/aromatic N) is 1. The summed E-state index contributed by atoms with van der Waals surface area (Å²) in [5, 5.41) is 0. The van der Waals surface area contributed by atoms with E-state index < -0.39 is 10.2 Å². The van der Waals surface area contributed by atoms with E-state index in [1.54, 1.807) is 4.31 Å². The number of morpholine rings is 1. The normalized spacial score (nSPS) is 45.6. The van der Waals surface area contributed by atoms with Crippen LogP contribution in [0.4, 0.5) is 0 Å². The first-order valence-corrected chi connectivity index (χ1v) is 11.7. The third-order valence-electron chi connectivity index (χ3n) is 7.25. The van der Waals surface area contributed by atoms with Crippen molar-refractivity contribution in [2.24, 2.45) is 23.2 Å². The smallest absolute Gasteiger partial charge is 0.279 e. The number of nitrogens with one attached hydrogen (secondary N) is 1. The summed E-state index contributed by atoms with van der Waals surface area (Å²) in [6.45, 7) is 6.97. The summed E-state index contributed by atoms with van der Waals surface area (Å²) in [6.07, 6.45) is 8.67. The van der Waals surface area contributed by atoms with Crippen LogP contribution in [-0.2, 0) is 14.9 Å². The van der Waals surface area contributed by atoms with Gasteiger partial charge in [-0.15, -0.1) is 0 Å². The quantitative estimate of drug-likeness (QED) is 0.809. The van der Waals surface area contributed by atoms with E-state index in [1.165, 1.54) is 38.5 Å². The van der Waals surface area contributed by atoms with Crippen LogP contribution in [0.2, 0.25) is 0 Å². The molecule has 0 aromatic carbocycles. The zero-order chi connectivity index (χ0) is 17.8. The molecule has 0 spiro atoms. The van der Waals surface area contributed by atoms with Gasteiger partial charge in [0.1, 0.15) is 0 Å². The van der Waals surface area contributed by atoms with Crippen LogP contribution < -0.4 is 4.72 Å². The summed E-state index contributed by atoms with van der Waals surface area (Å²) in [7, 11) is -3.45. The lowest BCUT2D eigenvalue weighted by molar-refractivity contribution is -0.0714. The standard InChI is InChI=1S/C19H34N2O3S/c1-4-18(19-8-15-5-16(9-19)7-17(6-15)10-19)20-25(22,23)21-11-13(2)24-14(3)12-21/h13-18,20H,4-12H2,1-3H3/t13-,14+,15?,16?,17?,18-,19?/m1/s1. The van der Waals surface area contributed by atoms with Crippen molar-refractivity contribution in [3.05, 3.63) is 0 Å². The van der Waals surface area contributed by atoms with E-state index in [2.05, 4.69) is 11.6 Å². The van der Waals surface area contributed by atoms with Crippen molar-refractivity contribution in [3.63, 3.8) is 0 Å². The molecule has 3 atom stereocenters. The second kappa shape index (κ2) is 6.47. The van der Waals surface area contributed by atoms with Gasteiger partial charge in [0.25, 0.3) is 10.2 Å². The Kier molecular flexibility index (Phi) is 4.71. The Hall–Kier alpha value is -0.170. The lowest BCUT2D eigenvalue weighted by Gasteiger charge is -2.59. The van der Waals surface area contributed by atoms with Crippen LogP contribution in [0, 0.1) is 23.2 Å². The van der Waals surface area contributed by atoms with E-state index in [0.29, 0.717) is 13.1 Å². The van der Waals surface area contributed by atoms with Crippen LogP contribution in [0.5, 0.6) is 0 Å². The molecule has 5 fully saturated rings. The summed E-state index contributed by atoms with van der Waals surface area (Å²) in [6, 6.07) is 0.0827. The third-order valence-corrected chi connectivity index (χ3v) is 8.81. The van der Waals surface area contributed by atoms with Crippen molar-refractivity contribution in [2.75, 3.05) is 13.1 Å². The molecule has 0 radical (unpaired) electrons. The Balaban J connectivity index is 1.52. The molecule has 1 saturated heterocycles. The van der Waals surface area contributed by atoms with Gasteiger partial charge in [-0.2, -0.15) is 17.4 Å². The van der Waals surface area contributed by atoms with E-state index in [4.69, 9.17) is 4.74 Å². The highest BCUT2D eigenvalue weighted by Crippen LogP contribution is 2.61. The Morgan fingerprint density at radius 1 is 1.04 bits per heavy atom. The largest absolute Gasteiger partial charge is 0.373 e. The van der Waals surface area contributed by atoms with Crippen molar-refractivity contribution < 1.29 is 13.2 Å². The fraction of sp³-hybridized carbons (Fsp3) is 1.00. The minimum Gasteiger partial charge on any atom is -0.373 e. The van der Waals surface area contributed by atoms with Gasteiger partial charge in [-0.1, -0.05) is 6.92 Å². The molecule has 5 rings (SSSR count). The van der Waals surface area contributed by atoms with Gasteiger partial charge in [0, 0.05) is 19.1 Å². The molecular formula is C19H34N2O3S. The molecule has 1 N–H and O–H groups in total. The second-order valence-electron chi connectivity index (χ2n) is 9.44. The molecule has 0 aromatic heterocycles. The molecule has 0 unspecified atom stereocenters. The van der Waals surface area contributed by atoms with Gasteiger partial charge in [0.05, 0.1) is 12.2 Å². The highest BCUT2D eigenvalue weighted by Gasteiger charge is 2.54. The topological polar surface area (TPSA) is 58.6 Å².